The van der Waals surface area contributed by atoms with Crippen molar-refractivity contribution in [2.24, 2.45) is 0 Å². The SMILES string of the molecule is COC(=O)c1ccc(NC(=O)/C(C)=C/C(=O)Nc2ccc(Oc3ccccc3)cc2)cc1. The van der Waals surface area contributed by atoms with E-state index in [1.54, 1.807) is 48.5 Å². The van der Waals surface area contributed by atoms with Crippen LogP contribution in [0, 0.1) is 0 Å². The molecular formula is C25H22N2O5. The molecule has 32 heavy (non-hydrogen) atoms. The number of hydrogen-bond donors (Lipinski definition) is 2. The number of esters is 1. The van der Waals surface area contributed by atoms with E-state index in [0.29, 0.717) is 28.4 Å². The number of rotatable bonds is 7. The number of methoxy groups -OCH3 is 1. The van der Waals surface area contributed by atoms with Crippen LogP contribution in [0.5, 0.6) is 11.5 Å². The van der Waals surface area contributed by atoms with Crippen molar-refractivity contribution < 1.29 is 23.9 Å². The van der Waals surface area contributed by atoms with E-state index in [0.717, 1.165) is 0 Å². The molecule has 0 saturated heterocycles. The molecule has 0 saturated carbocycles. The highest BCUT2D eigenvalue weighted by Gasteiger charge is 2.09. The van der Waals surface area contributed by atoms with Crippen molar-refractivity contribution in [3.8, 4) is 11.5 Å². The van der Waals surface area contributed by atoms with Crippen molar-refractivity contribution in [1.82, 2.24) is 0 Å². The van der Waals surface area contributed by atoms with Gasteiger partial charge in [-0.25, -0.2) is 4.79 Å². The van der Waals surface area contributed by atoms with Gasteiger partial charge in [0, 0.05) is 23.0 Å². The molecule has 0 aliphatic carbocycles. The second-order valence-corrected chi connectivity index (χ2v) is 6.78. The van der Waals surface area contributed by atoms with Crippen molar-refractivity contribution in [2.45, 2.75) is 6.92 Å². The highest BCUT2D eigenvalue weighted by atomic mass is 16.5. The topological polar surface area (TPSA) is 93.7 Å². The van der Waals surface area contributed by atoms with Crippen LogP contribution in [0.2, 0.25) is 0 Å². The van der Waals surface area contributed by atoms with Gasteiger partial charge >= 0.3 is 5.97 Å². The lowest BCUT2D eigenvalue weighted by molar-refractivity contribution is -0.114. The summed E-state index contributed by atoms with van der Waals surface area (Å²) in [6.45, 7) is 1.54. The number of carbonyl (C=O) groups is 3. The molecule has 2 amide bonds. The van der Waals surface area contributed by atoms with E-state index in [2.05, 4.69) is 15.4 Å². The fourth-order valence-electron chi connectivity index (χ4n) is 2.71. The normalized spacial score (nSPS) is 10.8. The minimum absolute atomic E-state index is 0.226. The van der Waals surface area contributed by atoms with Crippen molar-refractivity contribution >= 4 is 29.2 Å². The van der Waals surface area contributed by atoms with Crippen molar-refractivity contribution in [1.29, 1.82) is 0 Å². The highest BCUT2D eigenvalue weighted by molar-refractivity contribution is 6.10. The Bertz CT molecular complexity index is 1120. The Balaban J connectivity index is 1.55. The first-order valence-corrected chi connectivity index (χ1v) is 9.76. The number of benzene rings is 3. The zero-order chi connectivity index (χ0) is 22.9. The summed E-state index contributed by atoms with van der Waals surface area (Å²) in [5.41, 5.74) is 1.66. The Hall–Kier alpha value is -4.39. The number of amides is 2. The molecule has 3 aromatic carbocycles. The zero-order valence-corrected chi connectivity index (χ0v) is 17.6. The van der Waals surface area contributed by atoms with Gasteiger partial charge in [-0.1, -0.05) is 18.2 Å². The van der Waals surface area contributed by atoms with Crippen LogP contribution in [0.4, 0.5) is 11.4 Å². The smallest absolute Gasteiger partial charge is 0.337 e. The van der Waals surface area contributed by atoms with Gasteiger partial charge in [-0.15, -0.1) is 0 Å². The maximum atomic E-state index is 12.3. The summed E-state index contributed by atoms with van der Waals surface area (Å²) in [6.07, 6.45) is 1.21. The van der Waals surface area contributed by atoms with Crippen LogP contribution in [-0.2, 0) is 14.3 Å². The van der Waals surface area contributed by atoms with Gasteiger partial charge in [-0.05, 0) is 67.6 Å². The van der Waals surface area contributed by atoms with Gasteiger partial charge in [0.05, 0.1) is 12.7 Å². The first kappa shape index (κ1) is 22.3. The Labute approximate surface area is 185 Å². The van der Waals surface area contributed by atoms with Crippen LogP contribution in [0.25, 0.3) is 0 Å². The van der Waals surface area contributed by atoms with Gasteiger partial charge in [-0.2, -0.15) is 0 Å². The summed E-state index contributed by atoms with van der Waals surface area (Å²) in [5, 5.41) is 5.38. The van der Waals surface area contributed by atoms with Crippen LogP contribution >= 0.6 is 0 Å². The number of carbonyl (C=O) groups excluding carboxylic acids is 3. The lowest BCUT2D eigenvalue weighted by atomic mass is 10.2. The summed E-state index contributed by atoms with van der Waals surface area (Å²) >= 11 is 0. The number of para-hydroxylation sites is 1. The average molecular weight is 430 g/mol. The van der Waals surface area contributed by atoms with Crippen LogP contribution in [0.15, 0.2) is 90.5 Å². The summed E-state index contributed by atoms with van der Waals surface area (Å²) < 4.78 is 10.3. The molecule has 0 unspecified atom stereocenters. The maximum Gasteiger partial charge on any atom is 0.337 e. The van der Waals surface area contributed by atoms with Gasteiger partial charge in [0.15, 0.2) is 0 Å². The third-order valence-corrected chi connectivity index (χ3v) is 4.37. The summed E-state index contributed by atoms with van der Waals surface area (Å²) in [6, 6.07) is 22.5. The lowest BCUT2D eigenvalue weighted by Crippen LogP contribution is -2.16. The van der Waals surface area contributed by atoms with Gasteiger partial charge in [0.1, 0.15) is 11.5 Å². The van der Waals surface area contributed by atoms with E-state index in [9.17, 15) is 14.4 Å². The maximum absolute atomic E-state index is 12.3. The van der Waals surface area contributed by atoms with E-state index >= 15 is 0 Å². The lowest BCUT2D eigenvalue weighted by Gasteiger charge is -2.08. The molecule has 7 nitrogen and oxygen atoms in total. The van der Waals surface area contributed by atoms with E-state index in [4.69, 9.17) is 4.74 Å². The minimum atomic E-state index is -0.463. The molecule has 3 rings (SSSR count). The molecule has 0 aliphatic heterocycles. The molecule has 0 atom stereocenters. The van der Waals surface area contributed by atoms with Gasteiger partial charge in [-0.3, -0.25) is 9.59 Å². The van der Waals surface area contributed by atoms with Gasteiger partial charge in [0.2, 0.25) is 5.91 Å². The van der Waals surface area contributed by atoms with E-state index in [-0.39, 0.29) is 5.57 Å². The molecule has 3 aromatic rings. The Morgan fingerprint density at radius 3 is 1.94 bits per heavy atom. The second-order valence-electron chi connectivity index (χ2n) is 6.78. The largest absolute Gasteiger partial charge is 0.465 e. The third kappa shape index (κ3) is 6.30. The number of hydrogen-bond acceptors (Lipinski definition) is 5. The van der Waals surface area contributed by atoms with Crippen molar-refractivity contribution in [2.75, 3.05) is 17.7 Å². The van der Waals surface area contributed by atoms with Gasteiger partial charge < -0.3 is 20.1 Å². The third-order valence-electron chi connectivity index (χ3n) is 4.37. The second kappa shape index (κ2) is 10.6. The van der Waals surface area contributed by atoms with E-state index in [1.165, 1.54) is 20.1 Å². The highest BCUT2D eigenvalue weighted by Crippen LogP contribution is 2.22. The molecule has 2 N–H and O–H groups in total. The van der Waals surface area contributed by atoms with Crippen LogP contribution in [0.3, 0.4) is 0 Å². The molecule has 162 valence electrons. The van der Waals surface area contributed by atoms with Crippen LogP contribution < -0.4 is 15.4 Å². The molecular weight excluding hydrogens is 408 g/mol. The van der Waals surface area contributed by atoms with E-state index < -0.39 is 17.8 Å². The quantitative estimate of drug-likeness (QED) is 0.415. The molecule has 0 spiro atoms. The number of anilines is 2. The summed E-state index contributed by atoms with van der Waals surface area (Å²) in [7, 11) is 1.30. The summed E-state index contributed by atoms with van der Waals surface area (Å²) in [5.74, 6) is 0.0237. The fraction of sp³-hybridized carbons (Fsp3) is 0.0800. The predicted octanol–water partition coefficient (Wildman–Crippen LogP) is 4.79. The zero-order valence-electron chi connectivity index (χ0n) is 17.6. The van der Waals surface area contributed by atoms with Crippen molar-refractivity contribution in [3.63, 3.8) is 0 Å². The van der Waals surface area contributed by atoms with E-state index in [1.807, 2.05) is 30.3 Å². The summed E-state index contributed by atoms with van der Waals surface area (Å²) in [4.78, 5) is 36.0. The Morgan fingerprint density at radius 2 is 1.31 bits per heavy atom. The minimum Gasteiger partial charge on any atom is -0.465 e. The number of nitrogens with one attached hydrogen (secondary N) is 2. The predicted molar refractivity (Wildman–Crippen MR) is 122 cm³/mol. The molecule has 0 aliphatic rings. The first-order chi connectivity index (χ1) is 15.4. The van der Waals surface area contributed by atoms with Crippen LogP contribution in [-0.4, -0.2) is 24.9 Å². The number of ether oxygens (including phenoxy) is 2. The standard InChI is InChI=1S/C25H22N2O5/c1-17(24(29)27-20-10-8-18(9-11-20)25(30)31-2)16-23(28)26-19-12-14-22(15-13-19)32-21-6-4-3-5-7-21/h3-16H,1-2H3,(H,26,28)(H,27,29)/b17-16+. The molecule has 0 heterocycles. The van der Waals surface area contributed by atoms with Gasteiger partial charge in [0.25, 0.3) is 5.91 Å². The Kier molecular flexibility index (Phi) is 7.37. The Morgan fingerprint density at radius 1 is 0.750 bits per heavy atom. The molecule has 0 fully saturated rings. The first-order valence-electron chi connectivity index (χ1n) is 9.76. The molecule has 0 bridgehead atoms. The monoisotopic (exact) mass is 430 g/mol. The molecule has 0 radical (unpaired) electrons. The molecule has 0 aromatic heterocycles. The fourth-order valence-corrected chi connectivity index (χ4v) is 2.71. The average Bonchev–Trinajstić information content (AvgIpc) is 2.81. The van der Waals surface area contributed by atoms with Crippen molar-refractivity contribution in [3.05, 3.63) is 96.1 Å². The molecule has 7 heteroatoms. The van der Waals surface area contributed by atoms with Crippen LogP contribution in [0.1, 0.15) is 17.3 Å².